The minimum absolute atomic E-state index is 0.740. The Kier molecular flexibility index (Phi) is 5.83. The summed E-state index contributed by atoms with van der Waals surface area (Å²) in [7, 11) is 0. The molecule has 2 aliphatic rings. The lowest BCUT2D eigenvalue weighted by atomic mass is 9.60. The van der Waals surface area contributed by atoms with Gasteiger partial charge in [-0.1, -0.05) is 29.5 Å². The molecule has 0 aromatic carbocycles. The highest BCUT2D eigenvalue weighted by Gasteiger charge is 2.47. The van der Waals surface area contributed by atoms with Gasteiger partial charge in [-0.15, -0.1) is 0 Å². The predicted molar refractivity (Wildman–Crippen MR) is 91.0 cm³/mol. The van der Waals surface area contributed by atoms with E-state index in [1.54, 1.807) is 0 Å². The molecule has 1 aliphatic carbocycles. The van der Waals surface area contributed by atoms with Crippen LogP contribution in [0.1, 0.15) is 39.0 Å². The smallest absolute Gasteiger partial charge is 0.0201 e. The molecule has 0 atom stereocenters. The van der Waals surface area contributed by atoms with Crippen LogP contribution in [0.4, 0.5) is 0 Å². The van der Waals surface area contributed by atoms with E-state index in [1.807, 2.05) is 0 Å². The van der Waals surface area contributed by atoms with Crippen molar-refractivity contribution in [3.05, 3.63) is 0 Å². The Labute approximate surface area is 134 Å². The predicted octanol–water partition coefficient (Wildman–Crippen LogP) is 3.73. The molecule has 2 fully saturated rings. The number of hydrogen-bond donors (Lipinski definition) is 0. The first kappa shape index (κ1) is 14.8. The van der Waals surface area contributed by atoms with Gasteiger partial charge in [0.1, 0.15) is 0 Å². The van der Waals surface area contributed by atoms with Crippen LogP contribution in [0.2, 0.25) is 0 Å². The number of alkyl halides is 1. The van der Waals surface area contributed by atoms with Crippen LogP contribution in [0.25, 0.3) is 0 Å². The molecule has 1 heterocycles. The van der Waals surface area contributed by atoms with Crippen LogP contribution in [0.5, 0.6) is 0 Å². The average Bonchev–Trinajstić information content (AvgIpc) is 2.27. The van der Waals surface area contributed by atoms with Gasteiger partial charge in [-0.05, 0) is 44.1 Å². The molecule has 0 N–H and O–H groups in total. The molecule has 0 amide bonds. The van der Waals surface area contributed by atoms with E-state index in [1.165, 1.54) is 62.7 Å². The molecule has 1 saturated heterocycles. The van der Waals surface area contributed by atoms with Crippen LogP contribution < -0.4 is 0 Å². The zero-order valence-corrected chi connectivity index (χ0v) is 15.1. The molecule has 0 bridgehead atoms. The topological polar surface area (TPSA) is 6.48 Å². The van der Waals surface area contributed by atoms with Crippen LogP contribution in [-0.4, -0.2) is 44.7 Å². The van der Waals surface area contributed by atoms with Gasteiger partial charge in [0.05, 0.1) is 0 Å². The van der Waals surface area contributed by atoms with E-state index in [0.717, 1.165) is 11.5 Å². The molecular weight excluding hydrogens is 438 g/mol. The second kappa shape index (κ2) is 6.70. The highest BCUT2D eigenvalue weighted by molar-refractivity contribution is 14.1. The zero-order valence-electron chi connectivity index (χ0n) is 10.8. The molecule has 17 heavy (non-hydrogen) atoms. The fourth-order valence-corrected chi connectivity index (χ4v) is 4.53. The number of halogens is 2. The van der Waals surface area contributed by atoms with Crippen molar-refractivity contribution in [3.8, 4) is 0 Å². The zero-order chi connectivity index (χ0) is 12.3. The molecule has 100 valence electrons. The third-order valence-electron chi connectivity index (χ3n) is 4.51. The van der Waals surface area contributed by atoms with Crippen LogP contribution in [0.3, 0.4) is 0 Å². The van der Waals surface area contributed by atoms with Crippen molar-refractivity contribution in [1.82, 2.24) is 8.01 Å². The van der Waals surface area contributed by atoms with Gasteiger partial charge in [0.25, 0.3) is 0 Å². The van der Waals surface area contributed by atoms with Crippen LogP contribution in [-0.2, 0) is 0 Å². The van der Waals surface area contributed by atoms with Gasteiger partial charge in [-0.3, -0.25) is 4.90 Å². The molecule has 4 heteroatoms. The van der Waals surface area contributed by atoms with E-state index in [2.05, 4.69) is 60.4 Å². The van der Waals surface area contributed by atoms with Gasteiger partial charge in [-0.2, -0.15) is 0 Å². The number of hydrogen-bond acceptors (Lipinski definition) is 2. The van der Waals surface area contributed by atoms with Gasteiger partial charge in [0.15, 0.2) is 0 Å². The summed E-state index contributed by atoms with van der Waals surface area (Å²) in [6.45, 7) is 7.54. The highest BCUT2D eigenvalue weighted by atomic mass is 127. The number of nitrogens with zero attached hydrogens (tertiary/aromatic N) is 2. The molecule has 2 nitrogen and oxygen atoms in total. The minimum Gasteiger partial charge on any atom is -0.300 e. The Morgan fingerprint density at radius 3 is 2.41 bits per heavy atom. The fraction of sp³-hybridized carbons (Fsp3) is 1.00. The van der Waals surface area contributed by atoms with E-state index in [9.17, 15) is 0 Å². The van der Waals surface area contributed by atoms with Crippen molar-refractivity contribution < 1.29 is 0 Å². The molecule has 1 aliphatic heterocycles. The van der Waals surface area contributed by atoms with E-state index in [-0.39, 0.29) is 0 Å². The van der Waals surface area contributed by atoms with Gasteiger partial charge < -0.3 is 0 Å². The van der Waals surface area contributed by atoms with E-state index in [0.29, 0.717) is 0 Å². The summed E-state index contributed by atoms with van der Waals surface area (Å²) >= 11 is 5.00. The summed E-state index contributed by atoms with van der Waals surface area (Å²) in [6.07, 6.45) is 7.15. The van der Waals surface area contributed by atoms with Gasteiger partial charge >= 0.3 is 0 Å². The second-order valence-electron chi connectivity index (χ2n) is 5.70. The minimum atomic E-state index is 0.740. The maximum absolute atomic E-state index is 2.74. The Morgan fingerprint density at radius 1 is 1.24 bits per heavy atom. The SMILES string of the molecule is CCCN(CCI)C1CC2(CCN(I)CC2)C1. The maximum Gasteiger partial charge on any atom is 0.0201 e. The normalized spacial score (nSPS) is 25.4. The maximum atomic E-state index is 2.74. The largest absolute Gasteiger partial charge is 0.300 e. The van der Waals surface area contributed by atoms with Crippen molar-refractivity contribution in [2.24, 2.45) is 5.41 Å². The molecule has 0 unspecified atom stereocenters. The molecule has 0 aromatic heterocycles. The second-order valence-corrected chi connectivity index (χ2v) is 8.14. The summed E-state index contributed by atoms with van der Waals surface area (Å²) in [5.74, 6) is 0. The van der Waals surface area contributed by atoms with Gasteiger partial charge in [0, 0.05) is 53.0 Å². The van der Waals surface area contributed by atoms with Crippen molar-refractivity contribution in [1.29, 1.82) is 0 Å². The quantitative estimate of drug-likeness (QED) is 0.349. The molecule has 1 saturated carbocycles. The number of rotatable bonds is 5. The van der Waals surface area contributed by atoms with Crippen molar-refractivity contribution >= 4 is 45.5 Å². The third kappa shape index (κ3) is 3.69. The summed E-state index contributed by atoms with van der Waals surface area (Å²) in [6, 6.07) is 0.908. The Bertz CT molecular complexity index is 226. The Balaban J connectivity index is 1.79. The molecule has 0 aromatic rings. The van der Waals surface area contributed by atoms with Crippen LogP contribution >= 0.6 is 45.5 Å². The summed E-state index contributed by atoms with van der Waals surface area (Å²) in [5, 5.41) is 0. The Morgan fingerprint density at radius 2 is 1.88 bits per heavy atom. The van der Waals surface area contributed by atoms with E-state index < -0.39 is 0 Å². The first-order valence-electron chi connectivity index (χ1n) is 6.90. The third-order valence-corrected chi connectivity index (χ3v) is 5.95. The summed E-state index contributed by atoms with van der Waals surface area (Å²) in [4.78, 5) is 2.74. The van der Waals surface area contributed by atoms with Gasteiger partial charge in [-0.25, -0.2) is 3.11 Å². The average molecular weight is 462 g/mol. The van der Waals surface area contributed by atoms with Crippen molar-refractivity contribution in [2.45, 2.75) is 45.1 Å². The Hall–Kier alpha value is 1.38. The number of piperidine rings is 1. The standard InChI is InChI=1S/C13H24I2N2/c1-2-6-16(9-5-14)12-10-13(11-12)3-7-17(15)8-4-13/h12H,2-11H2,1H3. The van der Waals surface area contributed by atoms with Crippen LogP contribution in [0.15, 0.2) is 0 Å². The molecular formula is C13H24I2N2. The van der Waals surface area contributed by atoms with E-state index in [4.69, 9.17) is 0 Å². The summed E-state index contributed by atoms with van der Waals surface area (Å²) in [5.41, 5.74) is 0.740. The molecule has 2 rings (SSSR count). The van der Waals surface area contributed by atoms with E-state index >= 15 is 0 Å². The lowest BCUT2D eigenvalue weighted by Crippen LogP contribution is -2.54. The van der Waals surface area contributed by atoms with Crippen molar-refractivity contribution in [2.75, 3.05) is 30.6 Å². The summed E-state index contributed by atoms with van der Waals surface area (Å²) < 4.78 is 3.74. The highest BCUT2D eigenvalue weighted by Crippen LogP contribution is 2.51. The molecule has 0 radical (unpaired) electrons. The molecule has 1 spiro atoms. The first-order chi connectivity index (χ1) is 8.19. The van der Waals surface area contributed by atoms with Gasteiger partial charge in [0.2, 0.25) is 0 Å². The van der Waals surface area contributed by atoms with Crippen LogP contribution in [0, 0.1) is 5.41 Å². The monoisotopic (exact) mass is 462 g/mol. The lowest BCUT2D eigenvalue weighted by Gasteiger charge is -2.54. The first-order valence-corrected chi connectivity index (χ1v) is 9.39. The lowest BCUT2D eigenvalue weighted by molar-refractivity contribution is -0.0256. The van der Waals surface area contributed by atoms with Crippen molar-refractivity contribution in [3.63, 3.8) is 0 Å². The fourth-order valence-electron chi connectivity index (χ4n) is 3.43.